The number of hydrogen-bond donors (Lipinski definition) is 2. The molecule has 0 saturated carbocycles. The molecule has 0 saturated heterocycles. The normalized spacial score (nSPS) is 11.0. The third kappa shape index (κ3) is 5.56. The quantitative estimate of drug-likeness (QED) is 0.227. The van der Waals surface area contributed by atoms with Crippen LogP contribution >= 0.6 is 23.8 Å². The minimum absolute atomic E-state index is 0.181. The second kappa shape index (κ2) is 10.9. The van der Waals surface area contributed by atoms with Crippen molar-refractivity contribution in [2.24, 2.45) is 0 Å². The van der Waals surface area contributed by atoms with Crippen molar-refractivity contribution in [3.8, 4) is 11.5 Å². The summed E-state index contributed by atoms with van der Waals surface area (Å²) in [6.07, 6.45) is 0.914. The van der Waals surface area contributed by atoms with Crippen molar-refractivity contribution in [3.05, 3.63) is 119 Å². The molecular formula is C30H24ClN3O2S. The number of anilines is 1. The number of oxazole rings is 1. The van der Waals surface area contributed by atoms with E-state index in [4.69, 9.17) is 28.2 Å². The molecule has 0 aliphatic carbocycles. The van der Waals surface area contributed by atoms with Crippen molar-refractivity contribution in [1.29, 1.82) is 0 Å². The van der Waals surface area contributed by atoms with E-state index in [9.17, 15) is 4.79 Å². The summed E-state index contributed by atoms with van der Waals surface area (Å²) in [5.74, 6) is -0.314. The van der Waals surface area contributed by atoms with Gasteiger partial charge in [0.15, 0.2) is 10.7 Å². The standard InChI is InChI=1S/C30H24ClN3O2S/c1-2-19-13-16-26-25(17-19)33-29(36-26)23-18-22(14-15-24(23)31)32-30(37)34-28(35)27(20-9-5-3-6-10-20)21-11-7-4-8-12-21/h3-18,27H,2H2,1H3,(H2,32,34,35,37). The SMILES string of the molecule is CCc1ccc2oc(-c3cc(NC(=S)NC(=O)C(c4ccccc4)c4ccccc4)ccc3Cl)nc2c1. The monoisotopic (exact) mass is 525 g/mol. The average Bonchev–Trinajstić information content (AvgIpc) is 3.34. The molecule has 1 amide bonds. The van der Waals surface area contributed by atoms with Crippen LogP contribution in [0.5, 0.6) is 0 Å². The fraction of sp³-hybridized carbons (Fsp3) is 0.100. The van der Waals surface area contributed by atoms with Crippen LogP contribution in [0.3, 0.4) is 0 Å². The number of aryl methyl sites for hydroxylation is 1. The molecule has 0 bridgehead atoms. The first-order valence-electron chi connectivity index (χ1n) is 11.9. The van der Waals surface area contributed by atoms with Crippen molar-refractivity contribution >= 4 is 51.6 Å². The number of nitrogens with zero attached hydrogens (tertiary/aromatic N) is 1. The molecule has 0 aliphatic rings. The lowest BCUT2D eigenvalue weighted by molar-refractivity contribution is -0.120. The van der Waals surface area contributed by atoms with Gasteiger partial charge < -0.3 is 15.1 Å². The first kappa shape index (κ1) is 24.7. The van der Waals surface area contributed by atoms with Gasteiger partial charge in [-0.05, 0) is 65.7 Å². The number of rotatable bonds is 6. The highest BCUT2D eigenvalue weighted by Crippen LogP contribution is 2.33. The van der Waals surface area contributed by atoms with Gasteiger partial charge in [-0.3, -0.25) is 4.79 Å². The average molecular weight is 526 g/mol. The summed E-state index contributed by atoms with van der Waals surface area (Å²) in [5, 5.41) is 6.61. The summed E-state index contributed by atoms with van der Waals surface area (Å²) >= 11 is 12.0. The molecule has 5 rings (SSSR count). The summed E-state index contributed by atoms with van der Waals surface area (Å²) in [6, 6.07) is 30.5. The fourth-order valence-electron chi connectivity index (χ4n) is 4.21. The molecule has 0 spiro atoms. The number of carbonyl (C=O) groups excluding carboxylic acids is 1. The van der Waals surface area contributed by atoms with Crippen LogP contribution in [0, 0.1) is 0 Å². The molecule has 0 unspecified atom stereocenters. The van der Waals surface area contributed by atoms with Gasteiger partial charge in [0, 0.05) is 5.69 Å². The molecule has 2 N–H and O–H groups in total. The van der Waals surface area contributed by atoms with Gasteiger partial charge in [0.1, 0.15) is 5.52 Å². The zero-order valence-corrected chi connectivity index (χ0v) is 21.6. The Morgan fingerprint density at radius 3 is 2.27 bits per heavy atom. The largest absolute Gasteiger partial charge is 0.436 e. The molecule has 5 aromatic rings. The molecule has 1 aromatic heterocycles. The summed E-state index contributed by atoms with van der Waals surface area (Å²) in [4.78, 5) is 18.0. The molecule has 5 nitrogen and oxygen atoms in total. The van der Waals surface area contributed by atoms with Gasteiger partial charge >= 0.3 is 0 Å². The zero-order chi connectivity index (χ0) is 25.8. The topological polar surface area (TPSA) is 67.2 Å². The molecule has 7 heteroatoms. The van der Waals surface area contributed by atoms with E-state index >= 15 is 0 Å². The Labute approximate surface area is 225 Å². The number of benzene rings is 4. The van der Waals surface area contributed by atoms with E-state index in [1.54, 1.807) is 18.2 Å². The molecule has 0 radical (unpaired) electrons. The van der Waals surface area contributed by atoms with Gasteiger partial charge in [-0.25, -0.2) is 4.98 Å². The van der Waals surface area contributed by atoms with Gasteiger partial charge in [-0.2, -0.15) is 0 Å². The van der Waals surface area contributed by atoms with Crippen LogP contribution in [-0.2, 0) is 11.2 Å². The summed E-state index contributed by atoms with van der Waals surface area (Å²) in [7, 11) is 0. The number of aromatic nitrogens is 1. The third-order valence-corrected chi connectivity index (χ3v) is 6.61. The highest BCUT2D eigenvalue weighted by Gasteiger charge is 2.23. The van der Waals surface area contributed by atoms with Gasteiger partial charge in [0.05, 0.1) is 16.5 Å². The Morgan fingerprint density at radius 2 is 1.62 bits per heavy atom. The predicted octanol–water partition coefficient (Wildman–Crippen LogP) is 7.36. The van der Waals surface area contributed by atoms with Crippen molar-refractivity contribution in [2.75, 3.05) is 5.32 Å². The third-order valence-electron chi connectivity index (χ3n) is 6.08. The summed E-state index contributed by atoms with van der Waals surface area (Å²) in [6.45, 7) is 2.09. The highest BCUT2D eigenvalue weighted by atomic mass is 35.5. The molecule has 0 atom stereocenters. The van der Waals surface area contributed by atoms with Crippen LogP contribution in [0.2, 0.25) is 5.02 Å². The lowest BCUT2D eigenvalue weighted by Gasteiger charge is -2.19. The number of fused-ring (bicyclic) bond motifs is 1. The van der Waals surface area contributed by atoms with Gasteiger partial charge in [0.25, 0.3) is 0 Å². The van der Waals surface area contributed by atoms with Crippen molar-refractivity contribution in [3.63, 3.8) is 0 Å². The second-order valence-electron chi connectivity index (χ2n) is 8.57. The number of carbonyl (C=O) groups is 1. The number of hydrogen-bond acceptors (Lipinski definition) is 4. The lowest BCUT2D eigenvalue weighted by atomic mass is 9.90. The number of thiocarbonyl (C=S) groups is 1. The van der Waals surface area contributed by atoms with E-state index in [2.05, 4.69) is 22.5 Å². The van der Waals surface area contributed by atoms with Crippen LogP contribution in [0.4, 0.5) is 5.69 Å². The molecule has 0 fully saturated rings. The predicted molar refractivity (Wildman–Crippen MR) is 153 cm³/mol. The maximum absolute atomic E-state index is 13.4. The molecule has 4 aromatic carbocycles. The van der Waals surface area contributed by atoms with Gasteiger partial charge in [-0.15, -0.1) is 0 Å². The van der Waals surface area contributed by atoms with Crippen LogP contribution < -0.4 is 10.6 Å². The van der Waals surface area contributed by atoms with Crippen LogP contribution in [0.1, 0.15) is 29.5 Å². The van der Waals surface area contributed by atoms with Crippen molar-refractivity contribution < 1.29 is 9.21 Å². The molecular weight excluding hydrogens is 502 g/mol. The maximum Gasteiger partial charge on any atom is 0.238 e. The molecule has 37 heavy (non-hydrogen) atoms. The van der Waals surface area contributed by atoms with Crippen molar-refractivity contribution in [2.45, 2.75) is 19.3 Å². The first-order valence-corrected chi connectivity index (χ1v) is 12.7. The van der Waals surface area contributed by atoms with Crippen molar-refractivity contribution in [1.82, 2.24) is 10.3 Å². The Balaban J connectivity index is 1.36. The maximum atomic E-state index is 13.4. The Morgan fingerprint density at radius 1 is 0.946 bits per heavy atom. The number of nitrogens with one attached hydrogen (secondary N) is 2. The minimum Gasteiger partial charge on any atom is -0.436 e. The van der Waals surface area contributed by atoms with Crippen LogP contribution in [0.25, 0.3) is 22.6 Å². The van der Waals surface area contributed by atoms with E-state index in [-0.39, 0.29) is 11.0 Å². The van der Waals surface area contributed by atoms with E-state index in [1.807, 2.05) is 78.9 Å². The van der Waals surface area contributed by atoms with E-state index in [0.717, 1.165) is 23.1 Å². The number of halogens is 1. The smallest absolute Gasteiger partial charge is 0.238 e. The Bertz CT molecular complexity index is 1530. The van der Waals surface area contributed by atoms with Gasteiger partial charge in [0.2, 0.25) is 11.8 Å². The Kier molecular flexibility index (Phi) is 7.30. The lowest BCUT2D eigenvalue weighted by Crippen LogP contribution is -2.37. The number of amides is 1. The van der Waals surface area contributed by atoms with E-state index in [1.165, 1.54) is 5.56 Å². The highest BCUT2D eigenvalue weighted by molar-refractivity contribution is 7.80. The van der Waals surface area contributed by atoms with Gasteiger partial charge in [-0.1, -0.05) is 85.3 Å². The first-order chi connectivity index (χ1) is 18.0. The Hall–Kier alpha value is -4.00. The molecule has 184 valence electrons. The summed E-state index contributed by atoms with van der Waals surface area (Å²) < 4.78 is 5.96. The van der Waals surface area contributed by atoms with E-state index in [0.29, 0.717) is 27.7 Å². The summed E-state index contributed by atoms with van der Waals surface area (Å²) in [5.41, 5.74) is 5.68. The van der Waals surface area contributed by atoms with E-state index < -0.39 is 5.92 Å². The molecule has 1 heterocycles. The second-order valence-corrected chi connectivity index (χ2v) is 9.38. The minimum atomic E-state index is -0.504. The van der Waals surface area contributed by atoms with Crippen LogP contribution in [0.15, 0.2) is 101 Å². The fourth-order valence-corrected chi connectivity index (χ4v) is 4.62. The van der Waals surface area contributed by atoms with Crippen LogP contribution in [-0.4, -0.2) is 16.0 Å². The zero-order valence-electron chi connectivity index (χ0n) is 20.1. The molecule has 0 aliphatic heterocycles.